The minimum absolute atomic E-state index is 0.110. The predicted octanol–water partition coefficient (Wildman–Crippen LogP) is 4.20. The molecule has 0 radical (unpaired) electrons. The van der Waals surface area contributed by atoms with Gasteiger partial charge in [-0.1, -0.05) is 30.0 Å². The Kier molecular flexibility index (Phi) is 5.65. The van der Waals surface area contributed by atoms with Gasteiger partial charge >= 0.3 is 0 Å². The smallest absolute Gasteiger partial charge is 0.238 e. The Hall–Kier alpha value is -2.60. The first-order valence-corrected chi connectivity index (χ1v) is 9.68. The summed E-state index contributed by atoms with van der Waals surface area (Å²) in [4.78, 5) is 31.2. The van der Waals surface area contributed by atoms with Crippen molar-refractivity contribution in [2.75, 3.05) is 12.4 Å². The molecular weight excluding hydrogens is 358 g/mol. The molecule has 1 fully saturated rings. The lowest BCUT2D eigenvalue weighted by molar-refractivity contribution is -0.128. The molecule has 0 saturated carbocycles. The van der Waals surface area contributed by atoms with Crippen molar-refractivity contribution < 1.29 is 9.59 Å². The van der Waals surface area contributed by atoms with Gasteiger partial charge in [-0.05, 0) is 61.7 Å². The standard InChI is InChI=1S/C21H23N3O2S/c1-13-6-5-7-16(10-13)22-20(26)18-12-19(25)24(4)21(27-18)23-17-9-8-14(2)15(3)11-17/h5-11,18H,12H2,1-4H3,(H,22,26). The van der Waals surface area contributed by atoms with Crippen molar-refractivity contribution >= 4 is 40.1 Å². The zero-order valence-corrected chi connectivity index (χ0v) is 16.8. The van der Waals surface area contributed by atoms with Crippen LogP contribution in [0.4, 0.5) is 11.4 Å². The molecule has 0 spiro atoms. The van der Waals surface area contributed by atoms with Crippen LogP contribution >= 0.6 is 11.8 Å². The van der Waals surface area contributed by atoms with Gasteiger partial charge in [-0.15, -0.1) is 0 Å². The molecule has 5 nitrogen and oxygen atoms in total. The van der Waals surface area contributed by atoms with Gasteiger partial charge in [-0.25, -0.2) is 4.99 Å². The largest absolute Gasteiger partial charge is 0.325 e. The molecule has 1 atom stereocenters. The molecule has 2 amide bonds. The Morgan fingerprint density at radius 1 is 1.15 bits per heavy atom. The fraction of sp³-hybridized carbons (Fsp3) is 0.286. The molecule has 1 aliphatic heterocycles. The van der Waals surface area contributed by atoms with Crippen molar-refractivity contribution in [2.24, 2.45) is 4.99 Å². The highest BCUT2D eigenvalue weighted by molar-refractivity contribution is 8.15. The van der Waals surface area contributed by atoms with E-state index in [1.165, 1.54) is 22.2 Å². The van der Waals surface area contributed by atoms with Crippen molar-refractivity contribution in [1.29, 1.82) is 0 Å². The topological polar surface area (TPSA) is 61.8 Å². The average molecular weight is 382 g/mol. The molecule has 3 rings (SSSR count). The highest BCUT2D eigenvalue weighted by Gasteiger charge is 2.34. The Balaban J connectivity index is 1.80. The number of aliphatic imine (C=N–C) groups is 1. The fourth-order valence-corrected chi connectivity index (χ4v) is 3.81. The summed E-state index contributed by atoms with van der Waals surface area (Å²) >= 11 is 1.32. The summed E-state index contributed by atoms with van der Waals surface area (Å²) in [6.45, 7) is 6.04. The molecule has 1 aliphatic rings. The first kappa shape index (κ1) is 19.2. The SMILES string of the molecule is Cc1cccc(NC(=O)C2CC(=O)N(C)C(=Nc3ccc(C)c(C)c3)S2)c1. The number of nitrogens with zero attached hydrogens (tertiary/aromatic N) is 2. The number of anilines is 1. The monoisotopic (exact) mass is 381 g/mol. The number of hydrogen-bond donors (Lipinski definition) is 1. The molecular formula is C21H23N3O2S. The number of benzene rings is 2. The molecule has 1 saturated heterocycles. The van der Waals surface area contributed by atoms with Gasteiger partial charge in [0.2, 0.25) is 11.8 Å². The van der Waals surface area contributed by atoms with Crippen LogP contribution in [0.3, 0.4) is 0 Å². The van der Waals surface area contributed by atoms with Crippen molar-refractivity contribution in [1.82, 2.24) is 4.90 Å². The molecule has 1 heterocycles. The van der Waals surface area contributed by atoms with E-state index >= 15 is 0 Å². The first-order chi connectivity index (χ1) is 12.8. The maximum absolute atomic E-state index is 12.7. The van der Waals surface area contributed by atoms with Crippen LogP contribution in [0, 0.1) is 20.8 Å². The summed E-state index contributed by atoms with van der Waals surface area (Å²) < 4.78 is 0. The molecule has 0 aliphatic carbocycles. The zero-order chi connectivity index (χ0) is 19.6. The number of nitrogens with one attached hydrogen (secondary N) is 1. The third kappa shape index (κ3) is 4.57. The number of hydrogen-bond acceptors (Lipinski definition) is 4. The summed E-state index contributed by atoms with van der Waals surface area (Å²) in [5, 5.41) is 2.94. The van der Waals surface area contributed by atoms with E-state index in [9.17, 15) is 9.59 Å². The average Bonchev–Trinajstić information content (AvgIpc) is 2.62. The van der Waals surface area contributed by atoms with Crippen LogP contribution in [-0.2, 0) is 9.59 Å². The van der Waals surface area contributed by atoms with E-state index in [-0.39, 0.29) is 18.2 Å². The van der Waals surface area contributed by atoms with Crippen molar-refractivity contribution in [2.45, 2.75) is 32.4 Å². The maximum atomic E-state index is 12.7. The van der Waals surface area contributed by atoms with Crippen LogP contribution in [0.2, 0.25) is 0 Å². The first-order valence-electron chi connectivity index (χ1n) is 8.80. The Morgan fingerprint density at radius 3 is 2.63 bits per heavy atom. The van der Waals surface area contributed by atoms with Crippen molar-refractivity contribution in [3.63, 3.8) is 0 Å². The lowest BCUT2D eigenvalue weighted by Gasteiger charge is -2.28. The molecule has 0 aromatic heterocycles. The third-order valence-corrected chi connectivity index (χ3v) is 5.80. The van der Waals surface area contributed by atoms with Gasteiger partial charge in [0.15, 0.2) is 5.17 Å². The Morgan fingerprint density at radius 2 is 1.93 bits per heavy atom. The van der Waals surface area contributed by atoms with Crippen LogP contribution in [0.25, 0.3) is 0 Å². The van der Waals surface area contributed by atoms with Gasteiger partial charge in [0.1, 0.15) is 5.25 Å². The normalized spacial score (nSPS) is 18.7. The number of carbonyl (C=O) groups excluding carboxylic acids is 2. The quantitative estimate of drug-likeness (QED) is 0.867. The highest BCUT2D eigenvalue weighted by atomic mass is 32.2. The fourth-order valence-electron chi connectivity index (χ4n) is 2.75. The third-order valence-electron chi connectivity index (χ3n) is 4.56. The molecule has 2 aromatic rings. The summed E-state index contributed by atoms with van der Waals surface area (Å²) in [5.41, 5.74) is 4.91. The molecule has 140 valence electrons. The highest BCUT2D eigenvalue weighted by Crippen LogP contribution is 2.29. The number of carbonyl (C=O) groups is 2. The van der Waals surface area contributed by atoms with Gasteiger partial charge in [0.05, 0.1) is 5.69 Å². The van der Waals surface area contributed by atoms with E-state index in [1.807, 2.05) is 63.2 Å². The molecule has 0 bridgehead atoms. The molecule has 2 aromatic carbocycles. The van der Waals surface area contributed by atoms with E-state index in [0.29, 0.717) is 5.17 Å². The van der Waals surface area contributed by atoms with Gasteiger partial charge in [-0.2, -0.15) is 0 Å². The maximum Gasteiger partial charge on any atom is 0.238 e. The molecule has 6 heteroatoms. The van der Waals surface area contributed by atoms with Gasteiger partial charge in [0.25, 0.3) is 0 Å². The summed E-state index contributed by atoms with van der Waals surface area (Å²) in [6.07, 6.45) is 0.158. The van der Waals surface area contributed by atoms with E-state index in [1.54, 1.807) is 7.05 Å². The minimum Gasteiger partial charge on any atom is -0.325 e. The molecule has 1 N–H and O–H groups in total. The number of rotatable bonds is 3. The van der Waals surface area contributed by atoms with Gasteiger partial charge in [0, 0.05) is 19.2 Å². The van der Waals surface area contributed by atoms with Crippen LogP contribution in [0.15, 0.2) is 47.5 Å². The van der Waals surface area contributed by atoms with Gasteiger partial charge in [-0.3, -0.25) is 14.5 Å². The summed E-state index contributed by atoms with van der Waals surface area (Å²) in [7, 11) is 1.70. The number of thioether (sulfide) groups is 1. The Labute approximate surface area is 163 Å². The molecule has 27 heavy (non-hydrogen) atoms. The second-order valence-electron chi connectivity index (χ2n) is 6.79. The molecule has 1 unspecified atom stereocenters. The van der Waals surface area contributed by atoms with Crippen molar-refractivity contribution in [3.05, 3.63) is 59.2 Å². The Bertz CT molecular complexity index is 923. The van der Waals surface area contributed by atoms with E-state index in [0.717, 1.165) is 22.5 Å². The lowest BCUT2D eigenvalue weighted by Crippen LogP contribution is -2.43. The minimum atomic E-state index is -0.500. The zero-order valence-electron chi connectivity index (χ0n) is 15.9. The second-order valence-corrected chi connectivity index (χ2v) is 7.95. The van der Waals surface area contributed by atoms with E-state index in [4.69, 9.17) is 0 Å². The van der Waals surface area contributed by atoms with Crippen LogP contribution in [-0.4, -0.2) is 34.2 Å². The number of amides is 2. The van der Waals surface area contributed by atoms with Gasteiger partial charge < -0.3 is 5.32 Å². The van der Waals surface area contributed by atoms with Crippen LogP contribution in [0.1, 0.15) is 23.1 Å². The predicted molar refractivity (Wildman–Crippen MR) is 112 cm³/mol. The summed E-state index contributed by atoms with van der Waals surface area (Å²) in [6, 6.07) is 13.5. The van der Waals surface area contributed by atoms with E-state index < -0.39 is 5.25 Å². The number of aryl methyl sites for hydroxylation is 3. The van der Waals surface area contributed by atoms with Crippen LogP contribution in [0.5, 0.6) is 0 Å². The van der Waals surface area contributed by atoms with E-state index in [2.05, 4.69) is 10.3 Å². The van der Waals surface area contributed by atoms with Crippen molar-refractivity contribution in [3.8, 4) is 0 Å². The lowest BCUT2D eigenvalue weighted by atomic mass is 10.1. The summed E-state index contributed by atoms with van der Waals surface area (Å²) in [5.74, 6) is -0.291. The second kappa shape index (κ2) is 7.96. The van der Waals surface area contributed by atoms with Crippen LogP contribution < -0.4 is 5.32 Å². The number of amidine groups is 1.